The van der Waals surface area contributed by atoms with E-state index in [0.29, 0.717) is 23.8 Å². The van der Waals surface area contributed by atoms with Crippen LogP contribution in [-0.2, 0) is 19.2 Å². The number of rotatable bonds is 5. The predicted octanol–water partition coefficient (Wildman–Crippen LogP) is 4.53. The van der Waals surface area contributed by atoms with Crippen LogP contribution >= 0.6 is 0 Å². The van der Waals surface area contributed by atoms with Crippen molar-refractivity contribution < 1.29 is 18.5 Å². The molecule has 192 valence electrons. The van der Waals surface area contributed by atoms with E-state index in [2.05, 4.69) is 37.4 Å². The van der Waals surface area contributed by atoms with E-state index < -0.39 is 15.8 Å². The van der Waals surface area contributed by atoms with E-state index >= 15 is 0 Å². The zero-order valence-electron chi connectivity index (χ0n) is 20.9. The summed E-state index contributed by atoms with van der Waals surface area (Å²) in [6.07, 6.45) is 4.04. The molecule has 0 bridgehead atoms. The van der Waals surface area contributed by atoms with Crippen LogP contribution in [0.3, 0.4) is 0 Å². The second-order valence-corrected chi connectivity index (χ2v) is 11.0. The second-order valence-electron chi connectivity index (χ2n) is 8.79. The van der Waals surface area contributed by atoms with E-state index in [-0.39, 0.29) is 12.6 Å². The standard InChI is InChI=1S/C26H28N6O4S/c1-4-36-26(33)31-37(3,34)19-7-5-18(6-8-19)21-15-23(32-13-14-35-16-17(32)2)29-24-20(21)9-11-27-25(24)22-10-12-28-30-22/h5-12,15,17H,4,13-14,16H2,1-3H3,(H,28,30)/t17-,37?/m1/s1. The van der Waals surface area contributed by atoms with Crippen LogP contribution in [-0.4, -0.2) is 69.1 Å². The van der Waals surface area contributed by atoms with Crippen molar-refractivity contribution >= 4 is 32.5 Å². The molecule has 0 radical (unpaired) electrons. The van der Waals surface area contributed by atoms with Crippen molar-refractivity contribution in [1.29, 1.82) is 0 Å². The second kappa shape index (κ2) is 10.3. The van der Waals surface area contributed by atoms with E-state index in [1.807, 2.05) is 24.3 Å². The number of nitrogens with zero attached hydrogens (tertiary/aromatic N) is 5. The molecule has 10 nitrogen and oxygen atoms in total. The zero-order chi connectivity index (χ0) is 26.0. The molecule has 0 aliphatic carbocycles. The van der Waals surface area contributed by atoms with Gasteiger partial charge in [-0.15, -0.1) is 4.36 Å². The van der Waals surface area contributed by atoms with E-state index in [9.17, 15) is 9.00 Å². The fourth-order valence-electron chi connectivity index (χ4n) is 4.41. The van der Waals surface area contributed by atoms with Gasteiger partial charge in [-0.05, 0) is 55.3 Å². The first-order valence-corrected chi connectivity index (χ1v) is 13.9. The van der Waals surface area contributed by atoms with Gasteiger partial charge in [0.1, 0.15) is 17.0 Å². The maximum Gasteiger partial charge on any atom is 0.442 e. The quantitative estimate of drug-likeness (QED) is 0.407. The van der Waals surface area contributed by atoms with Crippen LogP contribution in [0.2, 0.25) is 0 Å². The van der Waals surface area contributed by atoms with Crippen molar-refractivity contribution in [3.05, 3.63) is 54.9 Å². The molecule has 1 unspecified atom stereocenters. The highest BCUT2D eigenvalue weighted by molar-refractivity contribution is 7.93. The lowest BCUT2D eigenvalue weighted by Gasteiger charge is -2.34. The molecular formula is C26H28N6O4S. The predicted molar refractivity (Wildman–Crippen MR) is 142 cm³/mol. The molecule has 1 fully saturated rings. The molecule has 37 heavy (non-hydrogen) atoms. The van der Waals surface area contributed by atoms with E-state index in [1.54, 1.807) is 31.5 Å². The minimum Gasteiger partial charge on any atom is -0.448 e. The maximum absolute atomic E-state index is 13.1. The van der Waals surface area contributed by atoms with Crippen molar-refractivity contribution in [3.63, 3.8) is 0 Å². The molecule has 0 saturated carbocycles. The monoisotopic (exact) mass is 520 g/mol. The number of morpholine rings is 1. The third kappa shape index (κ3) is 5.05. The molecular weight excluding hydrogens is 492 g/mol. The average molecular weight is 521 g/mol. The van der Waals surface area contributed by atoms with Crippen molar-refractivity contribution in [2.24, 2.45) is 4.36 Å². The summed E-state index contributed by atoms with van der Waals surface area (Å²) < 4.78 is 27.3. The van der Waals surface area contributed by atoms with Crippen LogP contribution in [0.5, 0.6) is 0 Å². The van der Waals surface area contributed by atoms with Gasteiger partial charge in [0.05, 0.1) is 41.3 Å². The lowest BCUT2D eigenvalue weighted by molar-refractivity contribution is 0.0986. The molecule has 1 amide bonds. The fraction of sp³-hybridized carbons (Fsp3) is 0.308. The molecule has 0 spiro atoms. The number of benzene rings is 1. The van der Waals surface area contributed by atoms with Gasteiger partial charge in [0, 0.05) is 35.5 Å². The summed E-state index contributed by atoms with van der Waals surface area (Å²) in [7, 11) is -2.95. The summed E-state index contributed by atoms with van der Waals surface area (Å²) in [6, 6.07) is 13.3. The minimum atomic E-state index is -2.95. The summed E-state index contributed by atoms with van der Waals surface area (Å²) in [5.41, 5.74) is 4.10. The van der Waals surface area contributed by atoms with Crippen LogP contribution in [0.4, 0.5) is 10.6 Å². The number of hydrogen-bond acceptors (Lipinski definition) is 8. The number of carbonyl (C=O) groups is 1. The summed E-state index contributed by atoms with van der Waals surface area (Å²) in [5.74, 6) is 0.827. The highest BCUT2D eigenvalue weighted by Gasteiger charge is 2.23. The van der Waals surface area contributed by atoms with Crippen LogP contribution < -0.4 is 4.90 Å². The Bertz CT molecular complexity index is 1550. The van der Waals surface area contributed by atoms with Gasteiger partial charge in [0.25, 0.3) is 0 Å². The number of nitrogens with one attached hydrogen (secondary N) is 1. The maximum atomic E-state index is 13.1. The number of aromatic amines is 1. The Hall–Kier alpha value is -3.83. The molecule has 1 N–H and O–H groups in total. The number of fused-ring (bicyclic) bond motifs is 1. The van der Waals surface area contributed by atoms with Gasteiger partial charge in [-0.25, -0.2) is 14.0 Å². The minimum absolute atomic E-state index is 0.162. The molecule has 1 aromatic carbocycles. The van der Waals surface area contributed by atoms with Crippen molar-refractivity contribution in [3.8, 4) is 22.5 Å². The summed E-state index contributed by atoms with van der Waals surface area (Å²) in [6.45, 7) is 5.94. The molecule has 3 aromatic heterocycles. The zero-order valence-corrected chi connectivity index (χ0v) is 21.7. The number of H-pyrrole nitrogens is 1. The molecule has 11 heteroatoms. The van der Waals surface area contributed by atoms with Gasteiger partial charge in [-0.2, -0.15) is 5.10 Å². The number of anilines is 1. The van der Waals surface area contributed by atoms with Crippen LogP contribution in [0, 0.1) is 0 Å². The summed E-state index contributed by atoms with van der Waals surface area (Å²) >= 11 is 0. The third-order valence-corrected chi connectivity index (χ3v) is 7.90. The van der Waals surface area contributed by atoms with Gasteiger partial charge < -0.3 is 14.4 Å². The van der Waals surface area contributed by atoms with Gasteiger partial charge in [0.2, 0.25) is 0 Å². The van der Waals surface area contributed by atoms with Gasteiger partial charge in [-0.3, -0.25) is 10.1 Å². The Morgan fingerprint density at radius 3 is 2.76 bits per heavy atom. The number of aromatic nitrogens is 4. The Morgan fingerprint density at radius 2 is 2.05 bits per heavy atom. The highest BCUT2D eigenvalue weighted by Crippen LogP contribution is 2.36. The molecule has 1 aliphatic heterocycles. The normalized spacial score (nSPS) is 17.4. The first-order chi connectivity index (χ1) is 17.9. The average Bonchev–Trinajstić information content (AvgIpc) is 3.43. The van der Waals surface area contributed by atoms with Crippen molar-refractivity contribution in [1.82, 2.24) is 20.2 Å². The van der Waals surface area contributed by atoms with Crippen molar-refractivity contribution in [2.45, 2.75) is 24.8 Å². The number of hydrogen-bond donors (Lipinski definition) is 1. The van der Waals surface area contributed by atoms with Crippen molar-refractivity contribution in [2.75, 3.05) is 37.5 Å². The summed E-state index contributed by atoms with van der Waals surface area (Å²) in [4.78, 5) is 24.1. The number of pyridine rings is 2. The van der Waals surface area contributed by atoms with Gasteiger partial charge in [0.15, 0.2) is 0 Å². The third-order valence-electron chi connectivity index (χ3n) is 6.25. The van der Waals surface area contributed by atoms with Crippen LogP contribution in [0.1, 0.15) is 13.8 Å². The number of carbonyl (C=O) groups excluding carboxylic acids is 1. The lowest BCUT2D eigenvalue weighted by atomic mass is 10.00. The smallest absolute Gasteiger partial charge is 0.442 e. The molecule has 4 aromatic rings. The van der Waals surface area contributed by atoms with E-state index in [4.69, 9.17) is 14.5 Å². The lowest BCUT2D eigenvalue weighted by Crippen LogP contribution is -2.44. The molecule has 1 aliphatic rings. The largest absolute Gasteiger partial charge is 0.448 e. The van der Waals surface area contributed by atoms with Crippen LogP contribution in [0.25, 0.3) is 33.4 Å². The van der Waals surface area contributed by atoms with E-state index in [1.165, 1.54) is 6.26 Å². The fourth-order valence-corrected chi connectivity index (χ4v) is 5.49. The Balaban J connectivity index is 1.65. The first-order valence-electron chi connectivity index (χ1n) is 12.0. The molecule has 4 heterocycles. The first kappa shape index (κ1) is 24.8. The van der Waals surface area contributed by atoms with Gasteiger partial charge >= 0.3 is 6.09 Å². The highest BCUT2D eigenvalue weighted by atomic mass is 32.2. The van der Waals surface area contributed by atoms with E-state index in [0.717, 1.165) is 40.1 Å². The number of amides is 1. The Labute approximate surface area is 215 Å². The molecule has 5 rings (SSSR count). The molecule has 1 saturated heterocycles. The molecule has 2 atom stereocenters. The summed E-state index contributed by atoms with van der Waals surface area (Å²) in [5, 5.41) is 8.00. The van der Waals surface area contributed by atoms with Crippen LogP contribution in [0.15, 0.2) is 64.1 Å². The Morgan fingerprint density at radius 1 is 1.24 bits per heavy atom. The topological polar surface area (TPSA) is 123 Å². The number of ether oxygens (including phenoxy) is 2. The van der Waals surface area contributed by atoms with Gasteiger partial charge in [-0.1, -0.05) is 12.1 Å². The Kier molecular flexibility index (Phi) is 6.90. The SMILES string of the molecule is CCOC(=O)N=S(C)(=O)c1ccc(-c2cc(N3CCOC[C@H]3C)nc3c(-c4ccn[nH]4)nccc23)cc1.